The first-order valence-electron chi connectivity index (χ1n) is 23.3. The van der Waals surface area contributed by atoms with Crippen molar-refractivity contribution in [3.63, 3.8) is 0 Å². The summed E-state index contributed by atoms with van der Waals surface area (Å²) in [5.74, 6) is -1.29. The fourth-order valence-corrected chi connectivity index (χ4v) is 9.07. The van der Waals surface area contributed by atoms with Gasteiger partial charge < -0.3 is 35.6 Å². The number of hydrogen-bond acceptors (Lipinski definition) is 9. The van der Waals surface area contributed by atoms with E-state index in [0.717, 1.165) is 39.2 Å². The van der Waals surface area contributed by atoms with E-state index in [4.69, 9.17) is 4.74 Å². The van der Waals surface area contributed by atoms with Gasteiger partial charge in [-0.05, 0) is 69.9 Å². The highest BCUT2D eigenvalue weighted by Gasteiger charge is 2.44. The molecule has 0 aliphatic carbocycles. The maximum Gasteiger partial charge on any atom is 0.246 e. The summed E-state index contributed by atoms with van der Waals surface area (Å²) in [5, 5.41) is 19.0. The third kappa shape index (κ3) is 13.7. The van der Waals surface area contributed by atoms with E-state index in [1.807, 2.05) is 67.6 Å². The van der Waals surface area contributed by atoms with Crippen LogP contribution in [0.5, 0.6) is 5.75 Å². The van der Waals surface area contributed by atoms with Gasteiger partial charge in [-0.25, -0.2) is 4.98 Å². The lowest BCUT2D eigenvalue weighted by Crippen LogP contribution is -2.57. The highest BCUT2D eigenvalue weighted by molar-refractivity contribution is 7.13. The number of aryl methyl sites for hydroxylation is 1. The summed E-state index contributed by atoms with van der Waals surface area (Å²) in [6.07, 6.45) is -0.256. The molecule has 1 saturated heterocycles. The molecule has 4 aromatic carbocycles. The van der Waals surface area contributed by atoms with Crippen LogP contribution in [-0.4, -0.2) is 101 Å². The Balaban J connectivity index is 0.918. The molecule has 1 fully saturated rings. The number of amides is 5. The van der Waals surface area contributed by atoms with Crippen LogP contribution in [0.4, 0.5) is 0 Å². The van der Waals surface area contributed by atoms with Crippen molar-refractivity contribution in [1.82, 2.24) is 30.7 Å². The quantitative estimate of drug-likeness (QED) is 0.0585. The van der Waals surface area contributed by atoms with Crippen LogP contribution in [0.15, 0.2) is 115 Å². The molecule has 1 aromatic heterocycles. The number of aliphatic hydroxyl groups is 1. The number of aromatic nitrogens is 1. The third-order valence-electron chi connectivity index (χ3n) is 12.1. The zero-order valence-corrected chi connectivity index (χ0v) is 40.7. The number of carbonyl (C=O) groups is 5. The van der Waals surface area contributed by atoms with Gasteiger partial charge in [-0.1, -0.05) is 125 Å². The molecule has 13 nitrogen and oxygen atoms in total. The Morgan fingerprint density at radius 1 is 0.838 bits per heavy atom. The summed E-state index contributed by atoms with van der Waals surface area (Å²) >= 11 is 1.56. The van der Waals surface area contributed by atoms with Gasteiger partial charge >= 0.3 is 0 Å². The molecule has 0 bridgehead atoms. The van der Waals surface area contributed by atoms with Crippen molar-refractivity contribution >= 4 is 52.0 Å². The van der Waals surface area contributed by atoms with Gasteiger partial charge in [0.1, 0.15) is 24.4 Å². The lowest BCUT2D eigenvalue weighted by molar-refractivity contribution is -0.144. The SMILES string of the molecule is CC/C(=C(\c1ccccc1)c1ccc(OCCN(C)C(=O)CCNC(=O)CCC(=O)N[C@H](C(=O)N2C[C@H](O)C[C@H]2C(=O)NCc2ccc(-c3scnc3C)cc2)C(C)(C)C)cc1)c1ccccc1. The van der Waals surface area contributed by atoms with Gasteiger partial charge in [0.2, 0.25) is 29.5 Å². The van der Waals surface area contributed by atoms with Crippen LogP contribution >= 0.6 is 11.3 Å². The van der Waals surface area contributed by atoms with E-state index in [2.05, 4.69) is 76.4 Å². The number of allylic oxidation sites excluding steroid dienone is 1. The summed E-state index contributed by atoms with van der Waals surface area (Å²) < 4.78 is 6.02. The topological polar surface area (TPSA) is 170 Å². The monoisotopic (exact) mass is 940 g/mol. The van der Waals surface area contributed by atoms with Crippen molar-refractivity contribution in [2.45, 2.75) is 91.5 Å². The molecule has 4 N–H and O–H groups in total. The molecule has 1 aliphatic rings. The molecule has 14 heteroatoms. The molecule has 5 amide bonds. The van der Waals surface area contributed by atoms with Gasteiger partial charge in [-0.2, -0.15) is 0 Å². The molecule has 68 heavy (non-hydrogen) atoms. The van der Waals surface area contributed by atoms with Crippen LogP contribution in [0.1, 0.15) is 87.7 Å². The molecule has 3 atom stereocenters. The number of β-amino-alcohol motifs (C(OH)–C–C–N with tert-alkyl or cyclic N) is 1. The van der Waals surface area contributed by atoms with Crippen molar-refractivity contribution in [3.05, 3.63) is 143 Å². The van der Waals surface area contributed by atoms with Gasteiger partial charge in [-0.15, -0.1) is 11.3 Å². The second-order valence-corrected chi connectivity index (χ2v) is 19.0. The first-order chi connectivity index (χ1) is 32.6. The number of nitrogens with one attached hydrogen (secondary N) is 3. The Labute approximate surface area is 404 Å². The predicted octanol–water partition coefficient (Wildman–Crippen LogP) is 7.42. The van der Waals surface area contributed by atoms with Crippen LogP contribution in [0.25, 0.3) is 21.6 Å². The average Bonchev–Trinajstić information content (AvgIpc) is 3.96. The van der Waals surface area contributed by atoms with Crippen LogP contribution in [0.3, 0.4) is 0 Å². The minimum atomic E-state index is -1.03. The number of aliphatic hydroxyl groups excluding tert-OH is 1. The van der Waals surface area contributed by atoms with E-state index in [1.54, 1.807) is 49.6 Å². The molecule has 0 radical (unpaired) electrons. The Morgan fingerprint density at radius 2 is 1.47 bits per heavy atom. The van der Waals surface area contributed by atoms with E-state index < -0.39 is 47.2 Å². The summed E-state index contributed by atoms with van der Waals surface area (Å²) in [6.45, 7) is 10.4. The third-order valence-corrected chi connectivity index (χ3v) is 13.0. The first-order valence-corrected chi connectivity index (χ1v) is 24.1. The zero-order chi connectivity index (χ0) is 48.8. The lowest BCUT2D eigenvalue weighted by Gasteiger charge is -2.35. The van der Waals surface area contributed by atoms with Gasteiger partial charge in [0.25, 0.3) is 0 Å². The molecule has 2 heterocycles. The Bertz CT molecular complexity index is 2520. The lowest BCUT2D eigenvalue weighted by atomic mass is 9.85. The molecular formula is C54H64N6O7S. The van der Waals surface area contributed by atoms with Crippen LogP contribution in [0, 0.1) is 12.3 Å². The largest absolute Gasteiger partial charge is 0.492 e. The van der Waals surface area contributed by atoms with E-state index in [0.29, 0.717) is 12.3 Å². The number of rotatable bonds is 20. The van der Waals surface area contributed by atoms with Crippen molar-refractivity contribution < 1.29 is 33.8 Å². The zero-order valence-electron chi connectivity index (χ0n) is 39.9. The second kappa shape index (κ2) is 23.9. The van der Waals surface area contributed by atoms with E-state index in [-0.39, 0.29) is 57.8 Å². The van der Waals surface area contributed by atoms with Crippen LogP contribution < -0.4 is 20.7 Å². The average molecular weight is 941 g/mol. The number of likely N-dealkylation sites (tertiary alicyclic amines) is 1. The second-order valence-electron chi connectivity index (χ2n) is 18.2. The molecule has 0 unspecified atom stereocenters. The fourth-order valence-electron chi connectivity index (χ4n) is 8.26. The molecule has 5 aromatic rings. The number of benzene rings is 4. The molecule has 0 spiro atoms. The number of likely N-dealkylation sites (N-methyl/N-ethyl adjacent to an activating group) is 1. The normalized spacial score (nSPS) is 15.5. The summed E-state index contributed by atoms with van der Waals surface area (Å²) in [5.41, 5.74) is 9.73. The minimum Gasteiger partial charge on any atom is -0.492 e. The van der Waals surface area contributed by atoms with E-state index in [9.17, 15) is 29.1 Å². The maximum absolute atomic E-state index is 14.0. The highest BCUT2D eigenvalue weighted by Crippen LogP contribution is 2.35. The summed E-state index contributed by atoms with van der Waals surface area (Å²) in [4.78, 5) is 74.6. The summed E-state index contributed by atoms with van der Waals surface area (Å²) in [7, 11) is 1.68. The molecular weight excluding hydrogens is 877 g/mol. The Hall–Kier alpha value is -6.64. The van der Waals surface area contributed by atoms with E-state index in [1.165, 1.54) is 21.6 Å². The van der Waals surface area contributed by atoms with Crippen molar-refractivity contribution in [2.24, 2.45) is 5.41 Å². The van der Waals surface area contributed by atoms with Gasteiger partial charge in [-0.3, -0.25) is 24.0 Å². The van der Waals surface area contributed by atoms with Crippen LogP contribution in [-0.2, 0) is 30.5 Å². The standard InChI is InChI=1S/C54H64N6O7S/c1-7-44(38-14-10-8-11-15-38)49(39-16-12-9-13-17-39)40-22-24-43(25-23-40)67-31-30-59(6)48(64)28-29-55-46(62)26-27-47(63)58-51(54(3,4)5)53(66)60-34-42(61)32-45(60)52(65)56-33-37-18-20-41(21-19-37)50-36(2)57-35-68-50/h8-25,35,42,45,51,61H,7,26-34H2,1-6H3,(H,55,62)(H,56,65)(H,58,63)/b49-44-/t42-,45+,51-/m1/s1. The number of ether oxygens (including phenoxy) is 1. The van der Waals surface area contributed by atoms with Crippen LogP contribution in [0.2, 0.25) is 0 Å². The Kier molecular flexibility index (Phi) is 17.8. The molecule has 1 aliphatic heterocycles. The van der Waals surface area contributed by atoms with Gasteiger partial charge in [0.15, 0.2) is 0 Å². The van der Waals surface area contributed by atoms with E-state index >= 15 is 0 Å². The first kappa shape index (κ1) is 50.8. The Morgan fingerprint density at radius 3 is 2.09 bits per heavy atom. The number of nitrogens with zero attached hydrogens (tertiary/aromatic N) is 3. The van der Waals surface area contributed by atoms with Gasteiger partial charge in [0, 0.05) is 52.4 Å². The molecule has 6 rings (SSSR count). The van der Waals surface area contributed by atoms with Crippen molar-refractivity contribution in [2.75, 3.05) is 33.3 Å². The minimum absolute atomic E-state index is 0.0522. The smallest absolute Gasteiger partial charge is 0.246 e. The molecule has 358 valence electrons. The fraction of sp³-hybridized carbons (Fsp3) is 0.370. The maximum atomic E-state index is 14.0. The number of thiazole rings is 1. The van der Waals surface area contributed by atoms with Gasteiger partial charge in [0.05, 0.1) is 28.7 Å². The highest BCUT2D eigenvalue weighted by atomic mass is 32.1. The number of hydrogen-bond donors (Lipinski definition) is 4. The summed E-state index contributed by atoms with van der Waals surface area (Å²) in [6, 6.07) is 34.6. The predicted molar refractivity (Wildman–Crippen MR) is 267 cm³/mol. The van der Waals surface area contributed by atoms with Crippen molar-refractivity contribution in [1.29, 1.82) is 0 Å². The van der Waals surface area contributed by atoms with Crippen molar-refractivity contribution in [3.8, 4) is 16.2 Å². The number of carbonyl (C=O) groups excluding carboxylic acids is 5. The molecule has 0 saturated carbocycles.